The van der Waals surface area contributed by atoms with Crippen LogP contribution in [0, 0.1) is 19.7 Å². The number of aromatic nitrogens is 1. The Hall–Kier alpha value is -2.78. The van der Waals surface area contributed by atoms with Gasteiger partial charge in [0.1, 0.15) is 10.8 Å². The Morgan fingerprint density at radius 3 is 2.47 bits per heavy atom. The highest BCUT2D eigenvalue weighted by Crippen LogP contribution is 2.23. The molecule has 0 bridgehead atoms. The average Bonchev–Trinajstić information content (AvgIpc) is 3.13. The molecule has 1 aromatic heterocycles. The zero-order valence-corrected chi connectivity index (χ0v) is 18.4. The number of benzene rings is 2. The molecule has 158 valence electrons. The molecule has 0 spiro atoms. The quantitative estimate of drug-likeness (QED) is 0.555. The Morgan fingerprint density at radius 2 is 1.87 bits per heavy atom. The summed E-state index contributed by atoms with van der Waals surface area (Å²) in [6, 6.07) is 9.09. The third kappa shape index (κ3) is 5.03. The number of rotatable bonds is 7. The lowest BCUT2D eigenvalue weighted by Crippen LogP contribution is -2.29. The molecule has 1 heterocycles. The molecule has 0 saturated heterocycles. The van der Waals surface area contributed by atoms with E-state index in [4.69, 9.17) is 0 Å². The summed E-state index contributed by atoms with van der Waals surface area (Å²) in [6.45, 7) is 5.58. The molecule has 30 heavy (non-hydrogen) atoms. The first-order chi connectivity index (χ1) is 14.2. The minimum Gasteiger partial charge on any atom is -0.343 e. The summed E-state index contributed by atoms with van der Waals surface area (Å²) in [5.41, 5.74) is 2.04. The lowest BCUT2D eigenvalue weighted by molar-refractivity contribution is 0.0934. The Kier molecular flexibility index (Phi) is 6.52. The predicted molar refractivity (Wildman–Crippen MR) is 116 cm³/mol. The SMILES string of the molecule is CCC(NC(=O)c1cc(S(=O)(=O)Nc2ccc(F)cc2)ccc1C)c1nc(C)cs1. The van der Waals surface area contributed by atoms with Crippen molar-refractivity contribution in [3.05, 3.63) is 75.5 Å². The number of hydrogen-bond donors (Lipinski definition) is 2. The molecule has 3 rings (SSSR count). The number of nitrogens with zero attached hydrogens (tertiary/aromatic N) is 1. The molecule has 0 aliphatic rings. The third-order valence-electron chi connectivity index (χ3n) is 4.51. The van der Waals surface area contributed by atoms with Crippen LogP contribution < -0.4 is 10.0 Å². The smallest absolute Gasteiger partial charge is 0.261 e. The number of carbonyl (C=O) groups is 1. The highest BCUT2D eigenvalue weighted by molar-refractivity contribution is 7.92. The number of anilines is 1. The van der Waals surface area contributed by atoms with Gasteiger partial charge in [0.05, 0.1) is 10.9 Å². The van der Waals surface area contributed by atoms with Crippen LogP contribution in [0.5, 0.6) is 0 Å². The number of halogens is 1. The normalized spacial score (nSPS) is 12.4. The topological polar surface area (TPSA) is 88.2 Å². The van der Waals surface area contributed by atoms with E-state index in [1.165, 1.54) is 35.6 Å². The number of nitrogens with one attached hydrogen (secondary N) is 2. The first kappa shape index (κ1) is 21.9. The Labute approximate surface area is 179 Å². The minimum atomic E-state index is -3.94. The summed E-state index contributed by atoms with van der Waals surface area (Å²) in [6.07, 6.45) is 0.655. The van der Waals surface area contributed by atoms with Crippen molar-refractivity contribution in [2.75, 3.05) is 4.72 Å². The maximum Gasteiger partial charge on any atom is 0.261 e. The van der Waals surface area contributed by atoms with Gasteiger partial charge in [-0.1, -0.05) is 13.0 Å². The Bertz CT molecular complexity index is 1160. The highest BCUT2D eigenvalue weighted by Gasteiger charge is 2.21. The van der Waals surface area contributed by atoms with Gasteiger partial charge in [-0.3, -0.25) is 9.52 Å². The van der Waals surface area contributed by atoms with E-state index in [0.717, 1.165) is 22.8 Å². The molecule has 1 atom stereocenters. The molecular formula is C21H22FN3O3S2. The summed E-state index contributed by atoms with van der Waals surface area (Å²) in [5.74, 6) is -0.834. The van der Waals surface area contributed by atoms with Gasteiger partial charge < -0.3 is 5.32 Å². The molecule has 6 nitrogen and oxygen atoms in total. The van der Waals surface area contributed by atoms with Crippen molar-refractivity contribution in [3.8, 4) is 0 Å². The minimum absolute atomic E-state index is 0.0549. The van der Waals surface area contributed by atoms with Crippen molar-refractivity contribution in [2.45, 2.75) is 38.1 Å². The van der Waals surface area contributed by atoms with Crippen LogP contribution in [0.25, 0.3) is 0 Å². The number of amides is 1. The van der Waals surface area contributed by atoms with E-state index >= 15 is 0 Å². The molecule has 2 aromatic carbocycles. The van der Waals surface area contributed by atoms with Crippen LogP contribution in [0.1, 0.15) is 46.0 Å². The molecule has 0 fully saturated rings. The van der Waals surface area contributed by atoms with Gasteiger partial charge in [-0.15, -0.1) is 11.3 Å². The summed E-state index contributed by atoms with van der Waals surface area (Å²) < 4.78 is 40.9. The Morgan fingerprint density at radius 1 is 1.17 bits per heavy atom. The van der Waals surface area contributed by atoms with Crippen LogP contribution in [0.2, 0.25) is 0 Å². The van der Waals surface area contributed by atoms with Gasteiger partial charge in [-0.05, 0) is 62.2 Å². The molecule has 0 radical (unpaired) electrons. The molecule has 2 N–H and O–H groups in total. The van der Waals surface area contributed by atoms with Gasteiger partial charge in [-0.2, -0.15) is 0 Å². The van der Waals surface area contributed by atoms with E-state index in [2.05, 4.69) is 15.0 Å². The number of sulfonamides is 1. The van der Waals surface area contributed by atoms with E-state index < -0.39 is 15.8 Å². The van der Waals surface area contributed by atoms with Crippen LogP contribution in [0.15, 0.2) is 52.7 Å². The first-order valence-corrected chi connectivity index (χ1v) is 11.7. The standard InChI is InChI=1S/C21H22FN3O3S2/c1-4-19(21-23-14(3)12-29-21)24-20(26)18-11-17(10-5-13(18)2)30(27,28)25-16-8-6-15(22)7-9-16/h5-12,19,25H,4H2,1-3H3,(H,24,26). The second-order valence-electron chi connectivity index (χ2n) is 6.85. The average molecular weight is 448 g/mol. The lowest BCUT2D eigenvalue weighted by atomic mass is 10.1. The van der Waals surface area contributed by atoms with Crippen molar-refractivity contribution < 1.29 is 17.6 Å². The van der Waals surface area contributed by atoms with Gasteiger partial charge in [-0.25, -0.2) is 17.8 Å². The van der Waals surface area contributed by atoms with Crippen molar-refractivity contribution in [1.82, 2.24) is 10.3 Å². The largest absolute Gasteiger partial charge is 0.343 e. The first-order valence-electron chi connectivity index (χ1n) is 9.31. The van der Waals surface area contributed by atoms with E-state index in [0.29, 0.717) is 12.0 Å². The molecule has 1 unspecified atom stereocenters. The van der Waals surface area contributed by atoms with Gasteiger partial charge in [0, 0.05) is 22.3 Å². The summed E-state index contributed by atoms with van der Waals surface area (Å²) in [5, 5.41) is 5.67. The number of hydrogen-bond acceptors (Lipinski definition) is 5. The van der Waals surface area contributed by atoms with Crippen LogP contribution in [-0.4, -0.2) is 19.3 Å². The second kappa shape index (κ2) is 8.93. The molecular weight excluding hydrogens is 425 g/mol. The van der Waals surface area contributed by atoms with Crippen LogP contribution in [0.4, 0.5) is 10.1 Å². The van der Waals surface area contributed by atoms with E-state index in [1.807, 2.05) is 19.2 Å². The van der Waals surface area contributed by atoms with E-state index in [-0.39, 0.29) is 28.1 Å². The summed E-state index contributed by atoms with van der Waals surface area (Å²) >= 11 is 1.47. The Balaban J connectivity index is 1.84. The van der Waals surface area contributed by atoms with Gasteiger partial charge in [0.2, 0.25) is 0 Å². The molecule has 0 aliphatic heterocycles. The van der Waals surface area contributed by atoms with Crippen LogP contribution in [-0.2, 0) is 10.0 Å². The van der Waals surface area contributed by atoms with Crippen molar-refractivity contribution in [3.63, 3.8) is 0 Å². The van der Waals surface area contributed by atoms with E-state index in [9.17, 15) is 17.6 Å². The summed E-state index contributed by atoms with van der Waals surface area (Å²) in [4.78, 5) is 17.3. The van der Waals surface area contributed by atoms with Crippen LogP contribution >= 0.6 is 11.3 Å². The fourth-order valence-electron chi connectivity index (χ4n) is 2.85. The molecule has 3 aromatic rings. The maximum atomic E-state index is 13.1. The number of carbonyl (C=O) groups excluding carboxylic acids is 1. The zero-order chi connectivity index (χ0) is 21.9. The zero-order valence-electron chi connectivity index (χ0n) is 16.8. The number of thiazole rings is 1. The molecule has 0 saturated carbocycles. The second-order valence-corrected chi connectivity index (χ2v) is 9.42. The van der Waals surface area contributed by atoms with Gasteiger partial charge >= 0.3 is 0 Å². The summed E-state index contributed by atoms with van der Waals surface area (Å²) in [7, 11) is -3.94. The predicted octanol–water partition coefficient (Wildman–Crippen LogP) is 4.58. The number of aryl methyl sites for hydroxylation is 2. The van der Waals surface area contributed by atoms with Crippen molar-refractivity contribution >= 4 is 33.0 Å². The fraction of sp³-hybridized carbons (Fsp3) is 0.238. The fourth-order valence-corrected chi connectivity index (χ4v) is 4.87. The van der Waals surface area contributed by atoms with Crippen molar-refractivity contribution in [1.29, 1.82) is 0 Å². The lowest BCUT2D eigenvalue weighted by Gasteiger charge is -2.16. The van der Waals surface area contributed by atoms with Crippen LogP contribution in [0.3, 0.4) is 0 Å². The highest BCUT2D eigenvalue weighted by atomic mass is 32.2. The van der Waals surface area contributed by atoms with E-state index in [1.54, 1.807) is 13.0 Å². The third-order valence-corrected chi connectivity index (χ3v) is 6.96. The van der Waals surface area contributed by atoms with Crippen molar-refractivity contribution in [2.24, 2.45) is 0 Å². The molecule has 9 heteroatoms. The van der Waals surface area contributed by atoms with Gasteiger partial charge in [0.25, 0.3) is 15.9 Å². The maximum absolute atomic E-state index is 13.1. The monoisotopic (exact) mass is 447 g/mol. The molecule has 0 aliphatic carbocycles. The van der Waals surface area contributed by atoms with Gasteiger partial charge in [0.15, 0.2) is 0 Å². The molecule has 1 amide bonds.